The normalized spacial score (nSPS) is 42.9. The summed E-state index contributed by atoms with van der Waals surface area (Å²) in [6.45, 7) is 8.76. The van der Waals surface area contributed by atoms with Crippen LogP contribution in [0.5, 0.6) is 0 Å². The van der Waals surface area contributed by atoms with E-state index in [-0.39, 0.29) is 17.8 Å². The van der Waals surface area contributed by atoms with E-state index in [0.29, 0.717) is 11.8 Å². The van der Waals surface area contributed by atoms with Crippen LogP contribution in [-0.4, -0.2) is 22.9 Å². The molecule has 2 heteroatoms. The molecule has 0 aromatic carbocycles. The minimum Gasteiger partial charge on any atom is -0.390 e. The molecule has 0 amide bonds. The van der Waals surface area contributed by atoms with Crippen LogP contribution in [0, 0.1) is 11.8 Å². The molecule has 1 N–H and O–H groups in total. The Hall–Kier alpha value is -0.340. The third-order valence-corrected chi connectivity index (χ3v) is 4.55. The van der Waals surface area contributed by atoms with E-state index in [4.69, 9.17) is 4.74 Å². The molecule has 0 radical (unpaired) electrons. The number of ether oxygens (including phenoxy) is 1. The summed E-state index contributed by atoms with van der Waals surface area (Å²) in [5, 5.41) is 10.5. The van der Waals surface area contributed by atoms with Crippen LogP contribution in [-0.2, 0) is 4.74 Å². The molecule has 17 heavy (non-hydrogen) atoms. The van der Waals surface area contributed by atoms with Gasteiger partial charge in [-0.25, -0.2) is 0 Å². The van der Waals surface area contributed by atoms with Crippen LogP contribution < -0.4 is 0 Å². The average molecular weight is 238 g/mol. The van der Waals surface area contributed by atoms with Crippen molar-refractivity contribution in [1.29, 1.82) is 0 Å². The predicted molar refractivity (Wildman–Crippen MR) is 69.8 cm³/mol. The van der Waals surface area contributed by atoms with Crippen molar-refractivity contribution in [1.82, 2.24) is 0 Å². The largest absolute Gasteiger partial charge is 0.390 e. The van der Waals surface area contributed by atoms with Gasteiger partial charge in [-0.15, -0.1) is 0 Å². The van der Waals surface area contributed by atoms with Crippen molar-refractivity contribution in [2.45, 2.75) is 71.2 Å². The molecule has 0 aromatic heterocycles. The van der Waals surface area contributed by atoms with Crippen molar-refractivity contribution < 1.29 is 9.84 Å². The summed E-state index contributed by atoms with van der Waals surface area (Å²) in [5.74, 6) is 0.883. The molecular formula is C15H26O2. The highest BCUT2D eigenvalue weighted by molar-refractivity contribution is 5.09. The summed E-state index contributed by atoms with van der Waals surface area (Å²) in [4.78, 5) is 0. The number of aliphatic hydroxyl groups excluding tert-OH is 1. The summed E-state index contributed by atoms with van der Waals surface area (Å²) in [5.41, 5.74) is 1.39. The van der Waals surface area contributed by atoms with Crippen LogP contribution in [0.1, 0.15) is 53.4 Å². The van der Waals surface area contributed by atoms with Crippen LogP contribution in [0.2, 0.25) is 0 Å². The van der Waals surface area contributed by atoms with E-state index >= 15 is 0 Å². The highest BCUT2D eigenvalue weighted by Crippen LogP contribution is 2.46. The molecule has 0 bridgehead atoms. The fourth-order valence-electron chi connectivity index (χ4n) is 3.11. The third-order valence-electron chi connectivity index (χ3n) is 4.55. The maximum absolute atomic E-state index is 10.5. The number of hydrogen-bond donors (Lipinski definition) is 1. The van der Waals surface area contributed by atoms with E-state index in [9.17, 15) is 5.11 Å². The number of rotatable bonds is 1. The summed E-state index contributed by atoms with van der Waals surface area (Å²) < 4.78 is 5.79. The highest BCUT2D eigenvalue weighted by Gasteiger charge is 2.57. The Morgan fingerprint density at radius 2 is 2.18 bits per heavy atom. The number of aliphatic hydroxyl groups is 1. The molecule has 0 saturated carbocycles. The van der Waals surface area contributed by atoms with E-state index in [1.165, 1.54) is 5.57 Å². The topological polar surface area (TPSA) is 32.8 Å². The van der Waals surface area contributed by atoms with Crippen LogP contribution >= 0.6 is 0 Å². The van der Waals surface area contributed by atoms with Crippen LogP contribution in [0.15, 0.2) is 11.6 Å². The van der Waals surface area contributed by atoms with Gasteiger partial charge in [0, 0.05) is 0 Å². The molecule has 2 aliphatic rings. The van der Waals surface area contributed by atoms with Gasteiger partial charge in [-0.3, -0.25) is 0 Å². The lowest BCUT2D eigenvalue weighted by atomic mass is 9.80. The minimum absolute atomic E-state index is 0.0688. The Morgan fingerprint density at radius 1 is 1.47 bits per heavy atom. The molecular weight excluding hydrogens is 212 g/mol. The van der Waals surface area contributed by atoms with Crippen molar-refractivity contribution in [3.8, 4) is 0 Å². The smallest absolute Gasteiger partial charge is 0.113 e. The zero-order chi connectivity index (χ0) is 12.6. The first kappa shape index (κ1) is 13.1. The first-order valence-electron chi connectivity index (χ1n) is 6.95. The van der Waals surface area contributed by atoms with Gasteiger partial charge in [0.1, 0.15) is 6.10 Å². The van der Waals surface area contributed by atoms with Gasteiger partial charge >= 0.3 is 0 Å². The first-order valence-corrected chi connectivity index (χ1v) is 6.95. The van der Waals surface area contributed by atoms with E-state index in [1.807, 2.05) is 0 Å². The molecule has 0 spiro atoms. The Morgan fingerprint density at radius 3 is 2.82 bits per heavy atom. The molecule has 1 saturated heterocycles. The van der Waals surface area contributed by atoms with Gasteiger partial charge in [0.15, 0.2) is 0 Å². The van der Waals surface area contributed by atoms with E-state index in [0.717, 1.165) is 25.7 Å². The van der Waals surface area contributed by atoms with Gasteiger partial charge in [0.25, 0.3) is 0 Å². The Balaban J connectivity index is 2.14. The van der Waals surface area contributed by atoms with E-state index in [2.05, 4.69) is 33.8 Å². The van der Waals surface area contributed by atoms with E-state index in [1.54, 1.807) is 0 Å². The van der Waals surface area contributed by atoms with Gasteiger partial charge in [-0.05, 0) is 51.4 Å². The van der Waals surface area contributed by atoms with Crippen molar-refractivity contribution in [2.75, 3.05) is 0 Å². The molecule has 0 unspecified atom stereocenters. The monoisotopic (exact) mass is 238 g/mol. The summed E-state index contributed by atoms with van der Waals surface area (Å²) >= 11 is 0. The second-order valence-corrected chi connectivity index (χ2v) is 6.38. The van der Waals surface area contributed by atoms with Gasteiger partial charge in [0.2, 0.25) is 0 Å². The summed E-state index contributed by atoms with van der Waals surface area (Å²) in [6, 6.07) is 0. The van der Waals surface area contributed by atoms with Crippen molar-refractivity contribution >= 4 is 0 Å². The van der Waals surface area contributed by atoms with Gasteiger partial charge in [0.05, 0.1) is 11.7 Å². The first-order chi connectivity index (χ1) is 7.94. The Kier molecular flexibility index (Phi) is 3.65. The quantitative estimate of drug-likeness (QED) is 0.561. The maximum Gasteiger partial charge on any atom is 0.113 e. The third kappa shape index (κ3) is 2.74. The van der Waals surface area contributed by atoms with Gasteiger partial charge < -0.3 is 9.84 Å². The molecule has 4 atom stereocenters. The molecule has 1 heterocycles. The summed E-state index contributed by atoms with van der Waals surface area (Å²) in [6.07, 6.45) is 6.45. The standard InChI is InChI=1S/C15H26O2/c1-10(2)12-8-7-11(3)6-5-9-15(4)14(17-15)13(12)16/h6,10,12-14,16H,5,7-9H2,1-4H3/t12-,13-,14+,15+/m0/s1. The van der Waals surface area contributed by atoms with Crippen LogP contribution in [0.3, 0.4) is 0 Å². The Bertz CT molecular complexity index is 308. The zero-order valence-electron chi connectivity index (χ0n) is 11.6. The SMILES string of the molecule is CC1=CCC[C@@]2(C)O[C@@H]2[C@@H](O)[C@H](C(C)C)CC1. The minimum atomic E-state index is -0.286. The predicted octanol–water partition coefficient (Wildman–Crippen LogP) is 3.30. The van der Waals surface area contributed by atoms with Gasteiger partial charge in [-0.1, -0.05) is 25.5 Å². The molecule has 2 rings (SSSR count). The number of allylic oxidation sites excluding steroid dienone is 2. The van der Waals surface area contributed by atoms with Crippen LogP contribution in [0.25, 0.3) is 0 Å². The zero-order valence-corrected chi connectivity index (χ0v) is 11.6. The molecule has 0 aromatic rings. The van der Waals surface area contributed by atoms with Crippen molar-refractivity contribution in [3.63, 3.8) is 0 Å². The fourth-order valence-corrected chi connectivity index (χ4v) is 3.11. The second-order valence-electron chi connectivity index (χ2n) is 6.38. The molecule has 1 aliphatic carbocycles. The maximum atomic E-state index is 10.5. The fraction of sp³-hybridized carbons (Fsp3) is 0.867. The Labute approximate surface area is 105 Å². The number of hydrogen-bond acceptors (Lipinski definition) is 2. The molecule has 1 aliphatic heterocycles. The van der Waals surface area contributed by atoms with Crippen molar-refractivity contribution in [3.05, 3.63) is 11.6 Å². The van der Waals surface area contributed by atoms with Crippen molar-refractivity contribution in [2.24, 2.45) is 11.8 Å². The lowest BCUT2D eigenvalue weighted by Gasteiger charge is -2.27. The van der Waals surface area contributed by atoms with Gasteiger partial charge in [-0.2, -0.15) is 0 Å². The number of epoxide rings is 1. The highest BCUT2D eigenvalue weighted by atomic mass is 16.6. The van der Waals surface area contributed by atoms with Crippen LogP contribution in [0.4, 0.5) is 0 Å². The second kappa shape index (κ2) is 4.74. The molecule has 2 nitrogen and oxygen atoms in total. The lowest BCUT2D eigenvalue weighted by Crippen LogP contribution is -2.33. The summed E-state index contributed by atoms with van der Waals surface area (Å²) in [7, 11) is 0. The lowest BCUT2D eigenvalue weighted by molar-refractivity contribution is 0.0505. The number of fused-ring (bicyclic) bond motifs is 1. The average Bonchev–Trinajstić information content (AvgIpc) is 2.89. The van der Waals surface area contributed by atoms with E-state index < -0.39 is 0 Å². The molecule has 1 fully saturated rings. The molecule has 98 valence electrons.